The van der Waals surface area contributed by atoms with Gasteiger partial charge in [0.05, 0.1) is 20.3 Å². The molecule has 2 aromatic rings. The largest absolute Gasteiger partial charge is 0.497 e. The lowest BCUT2D eigenvalue weighted by molar-refractivity contribution is 0.394. The topological polar surface area (TPSA) is 48.3 Å². The van der Waals surface area contributed by atoms with Gasteiger partial charge in [-0.3, -0.25) is 4.68 Å². The maximum absolute atomic E-state index is 5.25. The number of ether oxygens (including phenoxy) is 2. The Hall–Kier alpha value is -2.45. The number of aromatic nitrogens is 2. The Morgan fingerprint density at radius 2 is 1.95 bits per heavy atom. The maximum Gasteiger partial charge on any atom is 0.135 e. The van der Waals surface area contributed by atoms with E-state index in [4.69, 9.17) is 9.47 Å². The van der Waals surface area contributed by atoms with Gasteiger partial charge in [0.15, 0.2) is 0 Å². The highest BCUT2D eigenvalue weighted by Gasteiger charge is 2.16. The summed E-state index contributed by atoms with van der Waals surface area (Å²) in [6.07, 6.45) is 3.11. The molecule has 0 aliphatic carbocycles. The number of hydrogen-bond acceptors (Lipinski definition) is 4. The highest BCUT2D eigenvalue weighted by Crippen LogP contribution is 2.22. The third kappa shape index (κ3) is 3.23. The van der Waals surface area contributed by atoms with E-state index in [9.17, 15) is 0 Å². The fourth-order valence-electron chi connectivity index (χ4n) is 2.49. The van der Waals surface area contributed by atoms with Gasteiger partial charge in [-0.05, 0) is 37.1 Å². The van der Waals surface area contributed by atoms with Crippen molar-refractivity contribution in [1.29, 1.82) is 0 Å². The van der Waals surface area contributed by atoms with Crippen LogP contribution in [0.3, 0.4) is 0 Å². The van der Waals surface area contributed by atoms with E-state index in [0.29, 0.717) is 6.04 Å². The average molecular weight is 297 g/mol. The van der Waals surface area contributed by atoms with Crippen molar-refractivity contribution >= 4 is 0 Å². The van der Waals surface area contributed by atoms with E-state index in [2.05, 4.69) is 22.3 Å². The molecular formula is C17H19N3O2. The first-order chi connectivity index (χ1) is 10.8. The van der Waals surface area contributed by atoms with Crippen molar-refractivity contribution in [3.63, 3.8) is 0 Å². The van der Waals surface area contributed by atoms with Gasteiger partial charge in [-0.2, -0.15) is 5.10 Å². The van der Waals surface area contributed by atoms with Gasteiger partial charge >= 0.3 is 0 Å². The van der Waals surface area contributed by atoms with Gasteiger partial charge in [0.25, 0.3) is 0 Å². The molecule has 1 N–H and O–H groups in total. The van der Waals surface area contributed by atoms with Crippen molar-refractivity contribution in [2.24, 2.45) is 0 Å². The number of methoxy groups -OCH3 is 2. The Morgan fingerprint density at radius 3 is 2.59 bits per heavy atom. The van der Waals surface area contributed by atoms with Gasteiger partial charge in [-0.15, -0.1) is 0 Å². The second-order valence-corrected chi connectivity index (χ2v) is 5.18. The normalized spacial score (nSPS) is 16.9. The molecule has 0 amide bonds. The van der Waals surface area contributed by atoms with Gasteiger partial charge in [-0.1, -0.05) is 5.92 Å². The predicted molar refractivity (Wildman–Crippen MR) is 84.3 cm³/mol. The molecule has 1 aliphatic rings. The third-order valence-electron chi connectivity index (χ3n) is 3.70. The summed E-state index contributed by atoms with van der Waals surface area (Å²) in [4.78, 5) is 0. The lowest BCUT2D eigenvalue weighted by atomic mass is 10.2. The molecule has 5 nitrogen and oxygen atoms in total. The van der Waals surface area contributed by atoms with E-state index in [-0.39, 0.29) is 0 Å². The Bertz CT molecular complexity index is 684. The molecular weight excluding hydrogens is 278 g/mol. The van der Waals surface area contributed by atoms with E-state index < -0.39 is 0 Å². The summed E-state index contributed by atoms with van der Waals surface area (Å²) >= 11 is 0. The van der Waals surface area contributed by atoms with Crippen LogP contribution >= 0.6 is 0 Å². The highest BCUT2D eigenvalue weighted by atomic mass is 16.5. The molecule has 0 unspecified atom stereocenters. The van der Waals surface area contributed by atoms with Crippen molar-refractivity contribution in [3.05, 3.63) is 41.7 Å². The minimum Gasteiger partial charge on any atom is -0.497 e. The van der Waals surface area contributed by atoms with E-state index in [0.717, 1.165) is 42.3 Å². The van der Waals surface area contributed by atoms with Crippen molar-refractivity contribution in [2.75, 3.05) is 27.3 Å². The summed E-state index contributed by atoms with van der Waals surface area (Å²) in [5.41, 5.74) is 1.61. The van der Waals surface area contributed by atoms with Crippen molar-refractivity contribution in [1.82, 2.24) is 15.1 Å². The molecule has 0 radical (unpaired) electrons. The van der Waals surface area contributed by atoms with E-state index in [1.165, 1.54) is 0 Å². The number of rotatable bonds is 3. The standard InChI is InChI=1S/C17H19N3O2/c1-21-16-9-13(10-17(11-16)22-2)3-4-14-6-8-20(19-14)15-5-7-18-12-15/h6,8-11,15,18H,5,7,12H2,1-2H3/t15-/m0/s1. The molecule has 114 valence electrons. The SMILES string of the molecule is COc1cc(C#Cc2ccn([C@H]3CCNC3)n2)cc(OC)c1. The van der Waals surface area contributed by atoms with Gasteiger partial charge in [0.2, 0.25) is 0 Å². The first kappa shape index (κ1) is 14.5. The molecule has 0 bridgehead atoms. The van der Waals surface area contributed by atoms with Crippen LogP contribution in [0.2, 0.25) is 0 Å². The van der Waals surface area contributed by atoms with Crippen LogP contribution in [0.4, 0.5) is 0 Å². The molecule has 22 heavy (non-hydrogen) atoms. The second kappa shape index (κ2) is 6.54. The molecule has 0 saturated carbocycles. The van der Waals surface area contributed by atoms with Crippen LogP contribution in [0.25, 0.3) is 0 Å². The summed E-state index contributed by atoms with van der Waals surface area (Å²) < 4.78 is 12.5. The van der Waals surface area contributed by atoms with Crippen LogP contribution in [0.5, 0.6) is 11.5 Å². The second-order valence-electron chi connectivity index (χ2n) is 5.18. The molecule has 5 heteroatoms. The van der Waals surface area contributed by atoms with Crippen molar-refractivity contribution in [3.8, 4) is 23.3 Å². The van der Waals surface area contributed by atoms with Crippen LogP contribution in [0, 0.1) is 11.8 Å². The van der Waals surface area contributed by atoms with Gasteiger partial charge < -0.3 is 14.8 Å². The highest BCUT2D eigenvalue weighted by molar-refractivity contribution is 5.48. The zero-order valence-electron chi connectivity index (χ0n) is 12.8. The molecule has 1 atom stereocenters. The van der Waals surface area contributed by atoms with Crippen LogP contribution < -0.4 is 14.8 Å². The lowest BCUT2D eigenvalue weighted by Crippen LogP contribution is -2.13. The Morgan fingerprint density at radius 1 is 1.18 bits per heavy atom. The first-order valence-corrected chi connectivity index (χ1v) is 7.29. The van der Waals surface area contributed by atoms with Gasteiger partial charge in [-0.25, -0.2) is 0 Å². The zero-order valence-corrected chi connectivity index (χ0v) is 12.8. The summed E-state index contributed by atoms with van der Waals surface area (Å²) in [6.45, 7) is 2.02. The fourth-order valence-corrected chi connectivity index (χ4v) is 2.49. The van der Waals surface area contributed by atoms with Crippen LogP contribution in [-0.2, 0) is 0 Å². The molecule has 1 aromatic heterocycles. The van der Waals surface area contributed by atoms with E-state index in [1.807, 2.05) is 35.1 Å². The van der Waals surface area contributed by atoms with E-state index >= 15 is 0 Å². The van der Waals surface area contributed by atoms with Crippen LogP contribution in [0.15, 0.2) is 30.5 Å². The third-order valence-corrected chi connectivity index (χ3v) is 3.70. The predicted octanol–water partition coefficient (Wildman–Crippen LogP) is 1.83. The quantitative estimate of drug-likeness (QED) is 0.878. The zero-order chi connectivity index (χ0) is 15.4. The lowest BCUT2D eigenvalue weighted by Gasteiger charge is -2.07. The van der Waals surface area contributed by atoms with Crippen LogP contribution in [-0.4, -0.2) is 37.1 Å². The number of nitrogens with one attached hydrogen (secondary N) is 1. The van der Waals surface area contributed by atoms with E-state index in [1.54, 1.807) is 14.2 Å². The molecule has 1 fully saturated rings. The molecule has 1 aliphatic heterocycles. The Labute approximate surface area is 130 Å². The fraction of sp³-hybridized carbons (Fsp3) is 0.353. The molecule has 2 heterocycles. The number of benzene rings is 1. The minimum atomic E-state index is 0.437. The van der Waals surface area contributed by atoms with Gasteiger partial charge in [0.1, 0.15) is 17.2 Å². The minimum absolute atomic E-state index is 0.437. The Balaban J connectivity index is 1.80. The summed E-state index contributed by atoms with van der Waals surface area (Å²) in [5.74, 6) is 7.66. The average Bonchev–Trinajstić information content (AvgIpc) is 3.23. The van der Waals surface area contributed by atoms with Gasteiger partial charge in [0, 0.05) is 24.4 Å². The number of nitrogens with zero attached hydrogens (tertiary/aromatic N) is 2. The smallest absolute Gasteiger partial charge is 0.135 e. The van der Waals surface area contributed by atoms with Crippen molar-refractivity contribution < 1.29 is 9.47 Å². The molecule has 0 spiro atoms. The summed E-state index contributed by atoms with van der Waals surface area (Å²) in [5, 5.41) is 7.87. The summed E-state index contributed by atoms with van der Waals surface area (Å²) in [6, 6.07) is 7.98. The molecule has 1 aromatic carbocycles. The molecule has 1 saturated heterocycles. The monoisotopic (exact) mass is 297 g/mol. The Kier molecular flexibility index (Phi) is 4.31. The molecule has 3 rings (SSSR count). The summed E-state index contributed by atoms with van der Waals surface area (Å²) in [7, 11) is 3.26. The van der Waals surface area contributed by atoms with Crippen LogP contribution in [0.1, 0.15) is 23.7 Å². The number of hydrogen-bond donors (Lipinski definition) is 1. The first-order valence-electron chi connectivity index (χ1n) is 7.29. The van der Waals surface area contributed by atoms with Crippen molar-refractivity contribution in [2.45, 2.75) is 12.5 Å². The maximum atomic E-state index is 5.25.